The fraction of sp³-hybridized carbons (Fsp3) is 0.440. The van der Waals surface area contributed by atoms with Crippen molar-refractivity contribution in [2.45, 2.75) is 69.8 Å². The van der Waals surface area contributed by atoms with E-state index in [4.69, 9.17) is 16.7 Å². The zero-order chi connectivity index (χ0) is 21.1. The molecule has 3 aromatic rings. The molecule has 0 amide bonds. The molecule has 2 heterocycles. The first-order valence-electron chi connectivity index (χ1n) is 10.9. The van der Waals surface area contributed by atoms with Crippen molar-refractivity contribution in [3.63, 3.8) is 0 Å². The third-order valence-electron chi connectivity index (χ3n) is 6.28. The summed E-state index contributed by atoms with van der Waals surface area (Å²) < 4.78 is 1.94. The quantitative estimate of drug-likeness (QED) is 0.439. The number of Topliss-reactive ketones (excluding diaryl/α,β-unsaturated/α-hetero) is 1. The van der Waals surface area contributed by atoms with Crippen LogP contribution in [0.2, 0.25) is 5.02 Å². The zero-order valence-corrected chi connectivity index (χ0v) is 18.2. The Morgan fingerprint density at radius 2 is 2.00 bits per heavy atom. The molecule has 0 unspecified atom stereocenters. The van der Waals surface area contributed by atoms with Gasteiger partial charge >= 0.3 is 0 Å². The predicted molar refractivity (Wildman–Crippen MR) is 120 cm³/mol. The molecule has 158 valence electrons. The lowest BCUT2D eigenvalue weighted by molar-refractivity contribution is -0.123. The summed E-state index contributed by atoms with van der Waals surface area (Å²) >= 11 is 6.23. The Hall–Kier alpha value is -2.17. The lowest BCUT2D eigenvalue weighted by Crippen LogP contribution is -2.25. The van der Waals surface area contributed by atoms with Crippen molar-refractivity contribution in [3.8, 4) is 0 Å². The number of benzene rings is 1. The van der Waals surface area contributed by atoms with Crippen molar-refractivity contribution < 1.29 is 9.90 Å². The first kappa shape index (κ1) is 21.1. The average molecular weight is 425 g/mol. The first-order valence-corrected chi connectivity index (χ1v) is 11.3. The smallest absolute Gasteiger partial charge is 0.136 e. The first-order chi connectivity index (χ1) is 14.4. The summed E-state index contributed by atoms with van der Waals surface area (Å²) in [6, 6.07) is 13.3. The van der Waals surface area contributed by atoms with Gasteiger partial charge in [-0.1, -0.05) is 48.4 Å². The number of nitrogens with zero attached hydrogens (tertiary/aromatic N) is 2. The van der Waals surface area contributed by atoms with Crippen LogP contribution < -0.4 is 0 Å². The highest BCUT2D eigenvalue weighted by molar-refractivity contribution is 6.30. The number of hydrogen-bond donors (Lipinski definition) is 1. The maximum absolute atomic E-state index is 12.5. The molecule has 1 atom stereocenters. The highest BCUT2D eigenvalue weighted by Crippen LogP contribution is 2.41. The molecule has 0 spiro atoms. The van der Waals surface area contributed by atoms with Gasteiger partial charge < -0.3 is 5.11 Å². The third-order valence-corrected chi connectivity index (χ3v) is 6.52. The summed E-state index contributed by atoms with van der Waals surface area (Å²) in [5.41, 5.74) is 3.29. The number of carbonyl (C=O) groups is 1. The molecule has 1 saturated carbocycles. The van der Waals surface area contributed by atoms with Gasteiger partial charge in [-0.3, -0.25) is 4.79 Å². The van der Waals surface area contributed by atoms with Crippen LogP contribution in [-0.4, -0.2) is 20.5 Å². The van der Waals surface area contributed by atoms with Gasteiger partial charge in [-0.05, 0) is 62.6 Å². The number of carbonyl (C=O) groups excluding carboxylic acids is 1. The van der Waals surface area contributed by atoms with Crippen LogP contribution >= 0.6 is 11.6 Å². The second-order valence-corrected chi connectivity index (χ2v) is 9.16. The monoisotopic (exact) mass is 424 g/mol. The van der Waals surface area contributed by atoms with E-state index in [9.17, 15) is 9.90 Å². The minimum atomic E-state index is -1.11. The van der Waals surface area contributed by atoms with E-state index in [1.54, 1.807) is 6.92 Å². The Labute approximate surface area is 182 Å². The summed E-state index contributed by atoms with van der Waals surface area (Å²) in [5, 5.41) is 16.2. The van der Waals surface area contributed by atoms with Crippen LogP contribution in [0.4, 0.5) is 0 Å². The topological polar surface area (TPSA) is 54.6 Å². The fourth-order valence-corrected chi connectivity index (χ4v) is 4.56. The van der Waals surface area contributed by atoms with Gasteiger partial charge in [0.15, 0.2) is 0 Å². The number of aliphatic hydroxyl groups is 1. The molecule has 2 aromatic heterocycles. The zero-order valence-electron chi connectivity index (χ0n) is 17.5. The maximum atomic E-state index is 12.5. The standard InChI is InChI=1S/C25H29ClN2O2/c1-25(30,19-10-3-2-4-11-19)17-21(29)12-5-6-13-22-24(18-8-7-9-18)23-16-20(26)14-15-28(23)27-22/h2-4,10-11,14-16,18,30H,5-9,12-13,17H2,1H3/t25-/m0/s1. The second-order valence-electron chi connectivity index (χ2n) is 8.73. The molecule has 1 N–H and O–H groups in total. The normalized spacial score (nSPS) is 16.4. The van der Waals surface area contributed by atoms with E-state index < -0.39 is 5.60 Å². The molecule has 30 heavy (non-hydrogen) atoms. The summed E-state index contributed by atoms with van der Waals surface area (Å²) in [6.07, 6.45) is 8.86. The van der Waals surface area contributed by atoms with Gasteiger partial charge in [-0.2, -0.15) is 5.10 Å². The van der Waals surface area contributed by atoms with E-state index in [0.717, 1.165) is 41.1 Å². The average Bonchev–Trinajstić information content (AvgIpc) is 3.02. The highest BCUT2D eigenvalue weighted by Gasteiger charge is 2.28. The summed E-state index contributed by atoms with van der Waals surface area (Å²) in [7, 11) is 0. The van der Waals surface area contributed by atoms with Gasteiger partial charge in [0.2, 0.25) is 0 Å². The van der Waals surface area contributed by atoms with Crippen molar-refractivity contribution in [1.82, 2.24) is 9.61 Å². The molecule has 0 radical (unpaired) electrons. The van der Waals surface area contributed by atoms with Crippen LogP contribution in [0.3, 0.4) is 0 Å². The van der Waals surface area contributed by atoms with Crippen LogP contribution in [0.1, 0.15) is 74.6 Å². The van der Waals surface area contributed by atoms with E-state index in [1.807, 2.05) is 53.2 Å². The van der Waals surface area contributed by atoms with Crippen molar-refractivity contribution in [2.24, 2.45) is 0 Å². The molecule has 1 aliphatic rings. The van der Waals surface area contributed by atoms with Crippen LogP contribution in [0.15, 0.2) is 48.7 Å². The van der Waals surface area contributed by atoms with E-state index in [-0.39, 0.29) is 12.2 Å². The minimum Gasteiger partial charge on any atom is -0.385 e. The van der Waals surface area contributed by atoms with Crippen molar-refractivity contribution >= 4 is 22.9 Å². The van der Waals surface area contributed by atoms with Crippen LogP contribution in [0, 0.1) is 0 Å². The number of pyridine rings is 1. The third kappa shape index (κ3) is 4.60. The summed E-state index contributed by atoms with van der Waals surface area (Å²) in [5.74, 6) is 0.684. The van der Waals surface area contributed by atoms with Crippen LogP contribution in [-0.2, 0) is 16.8 Å². The highest BCUT2D eigenvalue weighted by atomic mass is 35.5. The number of aryl methyl sites for hydroxylation is 1. The van der Waals surface area contributed by atoms with E-state index in [0.29, 0.717) is 12.3 Å². The Bertz CT molecular complexity index is 1020. The lowest BCUT2D eigenvalue weighted by atomic mass is 9.79. The number of hydrogen-bond acceptors (Lipinski definition) is 3. The number of unbranched alkanes of at least 4 members (excludes halogenated alkanes) is 1. The largest absolute Gasteiger partial charge is 0.385 e. The van der Waals surface area contributed by atoms with Gasteiger partial charge in [0.25, 0.3) is 0 Å². The SMILES string of the molecule is C[C@](O)(CC(=O)CCCCc1nn2ccc(Cl)cc2c1C1CCC1)c1ccccc1. The van der Waals surface area contributed by atoms with E-state index in [2.05, 4.69) is 0 Å². The minimum absolute atomic E-state index is 0.102. The van der Waals surface area contributed by atoms with Crippen LogP contribution in [0.25, 0.3) is 5.52 Å². The number of fused-ring (bicyclic) bond motifs is 1. The van der Waals surface area contributed by atoms with Crippen molar-refractivity contribution in [2.75, 3.05) is 0 Å². The molecule has 0 bridgehead atoms. The Morgan fingerprint density at radius 3 is 2.70 bits per heavy atom. The van der Waals surface area contributed by atoms with Gasteiger partial charge in [0, 0.05) is 29.6 Å². The van der Waals surface area contributed by atoms with Crippen LogP contribution in [0.5, 0.6) is 0 Å². The molecule has 0 aliphatic heterocycles. The molecular formula is C25H29ClN2O2. The Balaban J connectivity index is 1.34. The summed E-state index contributed by atoms with van der Waals surface area (Å²) in [6.45, 7) is 1.72. The second kappa shape index (κ2) is 8.91. The lowest BCUT2D eigenvalue weighted by Gasteiger charge is -2.26. The van der Waals surface area contributed by atoms with Gasteiger partial charge in [-0.25, -0.2) is 4.52 Å². The molecular weight excluding hydrogens is 396 g/mol. The molecule has 5 heteroatoms. The number of halogens is 1. The summed E-state index contributed by atoms with van der Waals surface area (Å²) in [4.78, 5) is 12.5. The molecule has 4 nitrogen and oxygen atoms in total. The number of ketones is 1. The van der Waals surface area contributed by atoms with E-state index in [1.165, 1.54) is 24.8 Å². The van der Waals surface area contributed by atoms with E-state index >= 15 is 0 Å². The molecule has 4 rings (SSSR count). The van der Waals surface area contributed by atoms with Crippen molar-refractivity contribution in [3.05, 3.63) is 70.5 Å². The molecule has 1 aliphatic carbocycles. The molecule has 0 saturated heterocycles. The predicted octanol–water partition coefficient (Wildman–Crippen LogP) is 5.83. The molecule has 1 aromatic carbocycles. The van der Waals surface area contributed by atoms with Gasteiger partial charge in [0.05, 0.1) is 16.8 Å². The Kier molecular flexibility index (Phi) is 6.26. The van der Waals surface area contributed by atoms with Gasteiger partial charge in [0.1, 0.15) is 5.78 Å². The number of rotatable bonds is 9. The van der Waals surface area contributed by atoms with Crippen molar-refractivity contribution in [1.29, 1.82) is 0 Å². The maximum Gasteiger partial charge on any atom is 0.136 e. The van der Waals surface area contributed by atoms with Gasteiger partial charge in [-0.15, -0.1) is 0 Å². The Morgan fingerprint density at radius 1 is 1.23 bits per heavy atom. The fourth-order valence-electron chi connectivity index (χ4n) is 4.40. The molecule has 1 fully saturated rings. The number of aromatic nitrogens is 2.